The topological polar surface area (TPSA) is 119 Å². The van der Waals surface area contributed by atoms with Gasteiger partial charge in [0.1, 0.15) is 12.3 Å². The summed E-state index contributed by atoms with van der Waals surface area (Å²) in [4.78, 5) is 23.4. The first kappa shape index (κ1) is 26.0. The Morgan fingerprint density at radius 2 is 1.71 bits per heavy atom. The van der Waals surface area contributed by atoms with Crippen LogP contribution in [-0.2, 0) is 14.8 Å². The number of methoxy groups -OCH3 is 1. The highest BCUT2D eigenvalue weighted by atomic mass is 35.5. The number of halogens is 1. The third kappa shape index (κ3) is 5.72. The molecule has 0 spiro atoms. The number of amides is 1. The number of aryl methyl sites for hydroxylation is 3. The molecule has 0 heterocycles. The standard InChI is InChI=1S/C24H24ClN3O6S/c1-15-5-8-19(11-17(15)3)26-24(29)14-27(22-12-18(25)7-10-23(22)34-4)35(32,33)20-9-6-16(2)21(13-20)28(30)31/h5-13H,14H2,1-4H3,(H,26,29). The molecule has 0 fully saturated rings. The van der Waals surface area contributed by atoms with Crippen LogP contribution in [-0.4, -0.2) is 32.9 Å². The van der Waals surface area contributed by atoms with E-state index in [9.17, 15) is 23.3 Å². The zero-order valence-electron chi connectivity index (χ0n) is 19.5. The molecule has 0 bridgehead atoms. The Hall–Kier alpha value is -3.63. The van der Waals surface area contributed by atoms with E-state index in [1.54, 1.807) is 12.1 Å². The minimum atomic E-state index is -4.45. The lowest BCUT2D eigenvalue weighted by atomic mass is 10.1. The van der Waals surface area contributed by atoms with E-state index >= 15 is 0 Å². The number of anilines is 2. The largest absolute Gasteiger partial charge is 0.495 e. The molecule has 0 aromatic heterocycles. The van der Waals surface area contributed by atoms with E-state index in [1.807, 2.05) is 19.9 Å². The van der Waals surface area contributed by atoms with E-state index in [1.165, 1.54) is 44.4 Å². The number of rotatable bonds is 8. The van der Waals surface area contributed by atoms with Gasteiger partial charge in [-0.2, -0.15) is 0 Å². The molecular formula is C24H24ClN3O6S. The first-order valence-corrected chi connectivity index (χ1v) is 12.2. The fourth-order valence-corrected chi connectivity index (χ4v) is 4.99. The van der Waals surface area contributed by atoms with Crippen molar-refractivity contribution in [1.29, 1.82) is 0 Å². The van der Waals surface area contributed by atoms with Crippen molar-refractivity contribution in [2.24, 2.45) is 0 Å². The Balaban J connectivity index is 2.09. The molecule has 0 atom stereocenters. The molecule has 0 radical (unpaired) electrons. The number of nitrogens with one attached hydrogen (secondary N) is 1. The van der Waals surface area contributed by atoms with E-state index in [0.717, 1.165) is 21.5 Å². The Morgan fingerprint density at radius 1 is 1.03 bits per heavy atom. The molecule has 0 unspecified atom stereocenters. The van der Waals surface area contributed by atoms with Gasteiger partial charge in [-0.05, 0) is 68.3 Å². The van der Waals surface area contributed by atoms with Crippen molar-refractivity contribution >= 4 is 44.6 Å². The molecule has 9 nitrogen and oxygen atoms in total. The van der Waals surface area contributed by atoms with Gasteiger partial charge in [-0.25, -0.2) is 8.42 Å². The second-order valence-corrected chi connectivity index (χ2v) is 10.2. The molecule has 1 amide bonds. The van der Waals surface area contributed by atoms with Gasteiger partial charge in [-0.15, -0.1) is 0 Å². The van der Waals surface area contributed by atoms with Crippen molar-refractivity contribution < 1.29 is 22.9 Å². The van der Waals surface area contributed by atoms with Crippen molar-refractivity contribution in [2.75, 3.05) is 23.3 Å². The summed E-state index contributed by atoms with van der Waals surface area (Å²) in [5.74, 6) is -0.473. The minimum Gasteiger partial charge on any atom is -0.495 e. The van der Waals surface area contributed by atoms with Gasteiger partial charge in [-0.3, -0.25) is 19.2 Å². The highest BCUT2D eigenvalue weighted by Gasteiger charge is 2.31. The van der Waals surface area contributed by atoms with Crippen molar-refractivity contribution in [3.8, 4) is 5.75 Å². The van der Waals surface area contributed by atoms with Crippen LogP contribution in [0.2, 0.25) is 5.02 Å². The number of nitrogens with zero attached hydrogens (tertiary/aromatic N) is 2. The van der Waals surface area contributed by atoms with E-state index in [2.05, 4.69) is 5.32 Å². The molecule has 1 N–H and O–H groups in total. The first-order valence-electron chi connectivity index (χ1n) is 10.4. The summed E-state index contributed by atoms with van der Waals surface area (Å²) in [5, 5.41) is 14.3. The van der Waals surface area contributed by atoms with Crippen molar-refractivity contribution in [3.05, 3.63) is 86.4 Å². The van der Waals surface area contributed by atoms with Crippen LogP contribution in [0.3, 0.4) is 0 Å². The van der Waals surface area contributed by atoms with Gasteiger partial charge in [0, 0.05) is 22.3 Å². The third-order valence-electron chi connectivity index (χ3n) is 5.45. The lowest BCUT2D eigenvalue weighted by molar-refractivity contribution is -0.385. The molecule has 0 saturated heterocycles. The van der Waals surface area contributed by atoms with Crippen LogP contribution in [0.25, 0.3) is 0 Å². The fourth-order valence-electron chi connectivity index (χ4n) is 3.38. The summed E-state index contributed by atoms with van der Waals surface area (Å²) in [6.45, 7) is 4.70. The normalized spacial score (nSPS) is 11.1. The molecule has 3 aromatic carbocycles. The average molecular weight is 518 g/mol. The zero-order valence-corrected chi connectivity index (χ0v) is 21.1. The van der Waals surface area contributed by atoms with E-state index < -0.39 is 27.4 Å². The van der Waals surface area contributed by atoms with Gasteiger partial charge in [0.05, 0.1) is 22.6 Å². The summed E-state index contributed by atoms with van der Waals surface area (Å²) >= 11 is 6.13. The summed E-state index contributed by atoms with van der Waals surface area (Å²) in [6.07, 6.45) is 0. The molecule has 0 aliphatic carbocycles. The van der Waals surface area contributed by atoms with Crippen LogP contribution in [0.5, 0.6) is 5.75 Å². The Labute approximate surface area is 208 Å². The van der Waals surface area contributed by atoms with Crippen LogP contribution < -0.4 is 14.4 Å². The lowest BCUT2D eigenvalue weighted by Gasteiger charge is -2.26. The maximum Gasteiger partial charge on any atom is 0.273 e. The summed E-state index contributed by atoms with van der Waals surface area (Å²) in [7, 11) is -3.10. The number of sulfonamides is 1. The number of benzene rings is 3. The van der Waals surface area contributed by atoms with Gasteiger partial charge in [0.2, 0.25) is 5.91 Å². The highest BCUT2D eigenvalue weighted by Crippen LogP contribution is 2.35. The second kappa shape index (κ2) is 10.3. The monoisotopic (exact) mass is 517 g/mol. The van der Waals surface area contributed by atoms with Crippen molar-refractivity contribution in [3.63, 3.8) is 0 Å². The summed E-state index contributed by atoms with van der Waals surface area (Å²) in [6, 6.07) is 13.2. The smallest absolute Gasteiger partial charge is 0.273 e. The van der Waals surface area contributed by atoms with Gasteiger partial charge in [0.15, 0.2) is 0 Å². The molecule has 35 heavy (non-hydrogen) atoms. The third-order valence-corrected chi connectivity index (χ3v) is 7.44. The fraction of sp³-hybridized carbons (Fsp3) is 0.208. The quantitative estimate of drug-likeness (QED) is 0.331. The van der Waals surface area contributed by atoms with Crippen molar-refractivity contribution in [1.82, 2.24) is 0 Å². The Morgan fingerprint density at radius 3 is 2.34 bits per heavy atom. The van der Waals surface area contributed by atoms with Crippen LogP contribution in [0, 0.1) is 30.9 Å². The molecule has 0 saturated carbocycles. The van der Waals surface area contributed by atoms with Gasteiger partial charge >= 0.3 is 0 Å². The summed E-state index contributed by atoms with van der Waals surface area (Å²) in [5.41, 5.74) is 2.45. The van der Waals surface area contributed by atoms with Gasteiger partial charge in [0.25, 0.3) is 15.7 Å². The van der Waals surface area contributed by atoms with Crippen LogP contribution in [0.15, 0.2) is 59.5 Å². The average Bonchev–Trinajstić information content (AvgIpc) is 2.79. The summed E-state index contributed by atoms with van der Waals surface area (Å²) < 4.78 is 33.6. The number of hydrogen-bond donors (Lipinski definition) is 1. The molecule has 3 rings (SSSR count). The molecule has 184 valence electrons. The van der Waals surface area contributed by atoms with Crippen LogP contribution in [0.1, 0.15) is 16.7 Å². The van der Waals surface area contributed by atoms with E-state index in [4.69, 9.17) is 16.3 Å². The predicted molar refractivity (Wildman–Crippen MR) is 135 cm³/mol. The van der Waals surface area contributed by atoms with Crippen molar-refractivity contribution in [2.45, 2.75) is 25.7 Å². The SMILES string of the molecule is COc1ccc(Cl)cc1N(CC(=O)Nc1ccc(C)c(C)c1)S(=O)(=O)c1ccc(C)c([N+](=O)[O-])c1. The van der Waals surface area contributed by atoms with E-state index in [0.29, 0.717) is 11.3 Å². The molecule has 0 aliphatic heterocycles. The molecule has 0 aliphatic rings. The van der Waals surface area contributed by atoms with Crippen LogP contribution >= 0.6 is 11.6 Å². The molecular weight excluding hydrogens is 494 g/mol. The predicted octanol–water partition coefficient (Wildman–Crippen LogP) is 5.02. The Kier molecular flexibility index (Phi) is 7.67. The van der Waals surface area contributed by atoms with Crippen LogP contribution in [0.4, 0.5) is 17.1 Å². The molecule has 3 aromatic rings. The number of ether oxygens (including phenoxy) is 1. The number of carbonyl (C=O) groups excluding carboxylic acids is 1. The number of nitro groups is 1. The maximum atomic E-state index is 13.7. The first-order chi connectivity index (χ1) is 16.4. The maximum absolute atomic E-state index is 13.7. The second-order valence-electron chi connectivity index (χ2n) is 7.88. The number of carbonyl (C=O) groups is 1. The molecule has 11 heteroatoms. The number of nitro benzene ring substituents is 1. The minimum absolute atomic E-state index is 0.0125. The van der Waals surface area contributed by atoms with Gasteiger partial charge < -0.3 is 10.1 Å². The highest BCUT2D eigenvalue weighted by molar-refractivity contribution is 7.92. The number of hydrogen-bond acceptors (Lipinski definition) is 6. The van der Waals surface area contributed by atoms with E-state index in [-0.39, 0.29) is 27.0 Å². The Bertz CT molecular complexity index is 1410. The lowest BCUT2D eigenvalue weighted by Crippen LogP contribution is -2.38. The zero-order chi connectivity index (χ0) is 25.9. The van der Waals surface area contributed by atoms with Gasteiger partial charge in [-0.1, -0.05) is 23.7 Å².